The van der Waals surface area contributed by atoms with Gasteiger partial charge in [-0.15, -0.1) is 11.3 Å². The molecule has 10 nitrogen and oxygen atoms in total. The molecule has 4 rings (SSSR count). The monoisotopic (exact) mass is 553 g/mol. The van der Waals surface area contributed by atoms with Crippen LogP contribution in [0.5, 0.6) is 0 Å². The minimum Gasteiger partial charge on any atom is -0.440 e. The number of carbonyl (C=O) groups is 2. The Hall–Kier alpha value is -3.42. The third-order valence-corrected chi connectivity index (χ3v) is 7.34. The molecule has 0 unspecified atom stereocenters. The average Bonchev–Trinajstić information content (AvgIpc) is 3.46. The zero-order valence-electron chi connectivity index (χ0n) is 21.5. The number of fused-ring (bicyclic) bond motifs is 1. The van der Waals surface area contributed by atoms with E-state index in [1.54, 1.807) is 21.7 Å². The van der Waals surface area contributed by atoms with Crippen molar-refractivity contribution in [3.05, 3.63) is 29.5 Å². The van der Waals surface area contributed by atoms with Crippen molar-refractivity contribution in [1.29, 1.82) is 0 Å². The summed E-state index contributed by atoms with van der Waals surface area (Å²) in [7, 11) is 0. The van der Waals surface area contributed by atoms with Crippen LogP contribution < -0.4 is 10.6 Å². The molecular formula is C24H30F3N7O3S. The van der Waals surface area contributed by atoms with Crippen molar-refractivity contribution in [1.82, 2.24) is 29.8 Å². The second kappa shape index (κ2) is 10.8. The molecule has 0 saturated carbocycles. The summed E-state index contributed by atoms with van der Waals surface area (Å²) in [5, 5.41) is 12.1. The van der Waals surface area contributed by atoms with Crippen molar-refractivity contribution in [3.8, 4) is 11.4 Å². The number of alkyl halides is 3. The number of hydrogen-bond acceptors (Lipinski definition) is 8. The molecule has 3 aromatic heterocycles. The lowest BCUT2D eigenvalue weighted by Gasteiger charge is -2.32. The quantitative estimate of drug-likeness (QED) is 0.459. The zero-order valence-corrected chi connectivity index (χ0v) is 22.3. The number of nitrogens with zero attached hydrogens (tertiary/aromatic N) is 5. The Kier molecular flexibility index (Phi) is 7.81. The van der Waals surface area contributed by atoms with Crippen LogP contribution in [0.1, 0.15) is 51.0 Å². The minimum absolute atomic E-state index is 0.0426. The predicted molar refractivity (Wildman–Crippen MR) is 136 cm³/mol. The van der Waals surface area contributed by atoms with Crippen molar-refractivity contribution in [2.45, 2.75) is 58.8 Å². The number of carbonyl (C=O) groups excluding carboxylic acids is 2. The van der Waals surface area contributed by atoms with Crippen LogP contribution in [0.4, 0.5) is 23.8 Å². The van der Waals surface area contributed by atoms with E-state index in [1.165, 1.54) is 11.3 Å². The number of likely N-dealkylation sites (tertiary alicyclic amines) is 1. The molecule has 1 fully saturated rings. The van der Waals surface area contributed by atoms with Crippen LogP contribution in [0.15, 0.2) is 23.8 Å². The first-order valence-corrected chi connectivity index (χ1v) is 13.0. The van der Waals surface area contributed by atoms with Crippen LogP contribution in [0.3, 0.4) is 0 Å². The number of ether oxygens (including phenoxy) is 1. The second-order valence-corrected chi connectivity index (χ2v) is 11.2. The van der Waals surface area contributed by atoms with Gasteiger partial charge in [0.25, 0.3) is 5.91 Å². The molecule has 1 aliphatic rings. The van der Waals surface area contributed by atoms with Gasteiger partial charge in [-0.2, -0.15) is 18.3 Å². The number of rotatable bonds is 6. The second-order valence-electron chi connectivity index (χ2n) is 10.3. The molecule has 2 N–H and O–H groups in total. The van der Waals surface area contributed by atoms with Gasteiger partial charge >= 0.3 is 12.3 Å². The number of piperidine rings is 1. The summed E-state index contributed by atoms with van der Waals surface area (Å²) < 4.78 is 42.7. The normalized spacial score (nSPS) is 15.9. The molecule has 0 aliphatic carbocycles. The molecule has 0 radical (unpaired) electrons. The van der Waals surface area contributed by atoms with E-state index in [2.05, 4.69) is 51.2 Å². The van der Waals surface area contributed by atoms with Crippen molar-refractivity contribution in [2.75, 3.05) is 25.0 Å². The van der Waals surface area contributed by atoms with Gasteiger partial charge < -0.3 is 20.3 Å². The van der Waals surface area contributed by atoms with E-state index in [4.69, 9.17) is 0 Å². The van der Waals surface area contributed by atoms with E-state index in [9.17, 15) is 22.8 Å². The first-order chi connectivity index (χ1) is 17.8. The zero-order chi connectivity index (χ0) is 27.7. The fourth-order valence-electron chi connectivity index (χ4n) is 3.81. The van der Waals surface area contributed by atoms with Crippen LogP contribution >= 0.6 is 11.3 Å². The first-order valence-electron chi connectivity index (χ1n) is 12.2. The third kappa shape index (κ3) is 6.71. The van der Waals surface area contributed by atoms with Crippen LogP contribution in [0, 0.1) is 5.41 Å². The summed E-state index contributed by atoms with van der Waals surface area (Å²) in [6.07, 6.45) is -1.48. The van der Waals surface area contributed by atoms with Crippen molar-refractivity contribution >= 4 is 34.0 Å². The molecule has 3 aromatic rings. The molecule has 0 aromatic carbocycles. The maximum Gasteiger partial charge on any atom is 0.422 e. The Morgan fingerprint density at radius 3 is 2.58 bits per heavy atom. The summed E-state index contributed by atoms with van der Waals surface area (Å²) in [6, 6.07) is 1.27. The number of thiazole rings is 1. The van der Waals surface area contributed by atoms with Crippen molar-refractivity contribution in [2.24, 2.45) is 5.41 Å². The van der Waals surface area contributed by atoms with Crippen molar-refractivity contribution in [3.63, 3.8) is 0 Å². The van der Waals surface area contributed by atoms with Crippen LogP contribution in [0.2, 0.25) is 0 Å². The summed E-state index contributed by atoms with van der Waals surface area (Å²) in [6.45, 7) is 7.29. The smallest absolute Gasteiger partial charge is 0.422 e. The molecule has 0 spiro atoms. The van der Waals surface area contributed by atoms with Gasteiger partial charge in [0.05, 0.1) is 11.8 Å². The average molecular weight is 554 g/mol. The molecule has 1 aliphatic heterocycles. The van der Waals surface area contributed by atoms with Crippen LogP contribution in [-0.4, -0.2) is 74.4 Å². The first kappa shape index (κ1) is 27.6. The largest absolute Gasteiger partial charge is 0.440 e. The summed E-state index contributed by atoms with van der Waals surface area (Å²) in [5.41, 5.74) is 0.858. The lowest BCUT2D eigenvalue weighted by atomic mass is 9.88. The fraction of sp³-hybridized carbons (Fsp3) is 0.542. The van der Waals surface area contributed by atoms with Gasteiger partial charge in [0.15, 0.2) is 12.4 Å². The predicted octanol–water partition coefficient (Wildman–Crippen LogP) is 4.59. The SMILES string of the molecule is C[C@@H](Nc1cc(C(=O)N2CCC(NC(=O)OCC(F)(F)F)CC2)nc(-c2cnn3ccsc23)n1)C(C)(C)C. The molecule has 1 atom stereocenters. The molecule has 0 bridgehead atoms. The molecule has 2 amide bonds. The van der Waals surface area contributed by atoms with Crippen LogP contribution in [-0.2, 0) is 4.74 Å². The summed E-state index contributed by atoms with van der Waals surface area (Å²) in [4.78, 5) is 36.9. The van der Waals surface area contributed by atoms with Gasteiger partial charge in [-0.1, -0.05) is 20.8 Å². The Morgan fingerprint density at radius 1 is 1.21 bits per heavy atom. The fourth-order valence-corrected chi connectivity index (χ4v) is 4.61. The number of aromatic nitrogens is 4. The van der Waals surface area contributed by atoms with E-state index in [-0.39, 0.29) is 23.1 Å². The Bertz CT molecular complexity index is 1290. The Morgan fingerprint density at radius 2 is 1.92 bits per heavy atom. The van der Waals surface area contributed by atoms with Gasteiger partial charge in [0.2, 0.25) is 0 Å². The van der Waals surface area contributed by atoms with Gasteiger partial charge in [0.1, 0.15) is 16.3 Å². The maximum absolute atomic E-state index is 13.5. The topological polar surface area (TPSA) is 114 Å². The van der Waals surface area contributed by atoms with Gasteiger partial charge in [0, 0.05) is 42.8 Å². The highest BCUT2D eigenvalue weighted by Crippen LogP contribution is 2.28. The molecule has 4 heterocycles. The van der Waals surface area contributed by atoms with E-state index in [0.29, 0.717) is 43.1 Å². The highest BCUT2D eigenvalue weighted by Gasteiger charge is 2.31. The molecule has 1 saturated heterocycles. The number of hydrogen-bond donors (Lipinski definition) is 2. The Balaban J connectivity index is 1.50. The summed E-state index contributed by atoms with van der Waals surface area (Å²) >= 11 is 1.49. The van der Waals surface area contributed by atoms with Gasteiger partial charge in [-0.3, -0.25) is 4.79 Å². The third-order valence-electron chi connectivity index (χ3n) is 6.45. The van der Waals surface area contributed by atoms with E-state index < -0.39 is 24.9 Å². The molecule has 38 heavy (non-hydrogen) atoms. The molecule has 206 valence electrons. The highest BCUT2D eigenvalue weighted by molar-refractivity contribution is 7.16. The highest BCUT2D eigenvalue weighted by atomic mass is 32.1. The number of nitrogens with one attached hydrogen (secondary N) is 2. The van der Waals surface area contributed by atoms with Crippen LogP contribution in [0.25, 0.3) is 16.2 Å². The van der Waals surface area contributed by atoms with E-state index >= 15 is 0 Å². The number of halogens is 3. The number of amides is 2. The van der Waals surface area contributed by atoms with Gasteiger partial charge in [-0.05, 0) is 25.2 Å². The number of alkyl carbamates (subject to hydrolysis) is 1. The lowest BCUT2D eigenvalue weighted by Crippen LogP contribution is -2.47. The molecule has 14 heteroatoms. The standard InChI is InChI=1S/C24H30F3N7O3S/c1-14(23(2,3)4)29-18-11-17(31-19(32-18)16-12-28-34-9-10-38-21(16)34)20(35)33-7-5-15(6-8-33)30-22(36)37-13-24(25,26)27/h9-12,14-15H,5-8,13H2,1-4H3,(H,30,36)(H,29,31,32)/t14-/m1/s1. The minimum atomic E-state index is -4.59. The van der Waals surface area contributed by atoms with Crippen molar-refractivity contribution < 1.29 is 27.5 Å². The van der Waals surface area contributed by atoms with Gasteiger partial charge in [-0.25, -0.2) is 19.3 Å². The summed E-state index contributed by atoms with van der Waals surface area (Å²) in [5.74, 6) is 0.592. The van der Waals surface area contributed by atoms with E-state index in [1.807, 2.05) is 18.5 Å². The molecular weight excluding hydrogens is 523 g/mol. The Labute approximate surface area is 221 Å². The lowest BCUT2D eigenvalue weighted by molar-refractivity contribution is -0.160. The van der Waals surface area contributed by atoms with E-state index in [0.717, 1.165) is 4.83 Å². The maximum atomic E-state index is 13.5. The number of anilines is 1.